The first kappa shape index (κ1) is 20.7. The molecule has 0 spiro atoms. The van der Waals surface area contributed by atoms with E-state index in [-0.39, 0.29) is 30.4 Å². The molecule has 0 radical (unpaired) electrons. The molecule has 4 heterocycles. The number of carbonyl (C=O) groups excluding carboxylic acids is 2. The average Bonchev–Trinajstić information content (AvgIpc) is 3.38. The largest absolute Gasteiger partial charge is 0.394 e. The van der Waals surface area contributed by atoms with Crippen molar-refractivity contribution in [2.45, 2.75) is 69.6 Å². The number of piperidine rings is 3. The third kappa shape index (κ3) is 3.80. The Morgan fingerprint density at radius 3 is 2.81 bits per heavy atom. The number of likely N-dealkylation sites (tertiary alicyclic amines) is 1. The smallest absolute Gasteiger partial charge is 0.243 e. The molecule has 4 atom stereocenters. The highest BCUT2D eigenvalue weighted by molar-refractivity contribution is 5.89. The van der Waals surface area contributed by atoms with E-state index in [1.54, 1.807) is 0 Å². The van der Waals surface area contributed by atoms with Crippen LogP contribution in [-0.4, -0.2) is 69.2 Å². The number of aliphatic hydroxyl groups excluding tert-OH is 1. The van der Waals surface area contributed by atoms with Crippen LogP contribution in [0.25, 0.3) is 0 Å². The van der Waals surface area contributed by atoms with E-state index in [1.165, 1.54) is 0 Å². The number of aryl methyl sites for hydroxylation is 1. The number of fused-ring (bicyclic) bond motifs is 4. The van der Waals surface area contributed by atoms with Crippen LogP contribution in [0, 0.1) is 18.8 Å². The molecule has 0 unspecified atom stereocenters. The van der Waals surface area contributed by atoms with E-state index >= 15 is 0 Å². The molecule has 3 fully saturated rings. The fraction of sp³-hybridized carbons (Fsp3) is 0.696. The van der Waals surface area contributed by atoms with E-state index in [2.05, 4.69) is 15.4 Å². The SMILES string of the molecule is Cc1cc(CN2C[C@@H]3C[C@H](C2)[C@H](C(=O)NC2(CO)CC=CC2)N2C(=O)CCC[C@@H]32)on1. The summed E-state index contributed by atoms with van der Waals surface area (Å²) in [6.07, 6.45) is 8.59. The van der Waals surface area contributed by atoms with Crippen molar-refractivity contribution < 1.29 is 19.2 Å². The number of hydrogen-bond acceptors (Lipinski definition) is 6. The predicted octanol–water partition coefficient (Wildman–Crippen LogP) is 1.38. The van der Waals surface area contributed by atoms with Crippen LogP contribution in [0.5, 0.6) is 0 Å². The molecule has 1 aromatic heterocycles. The van der Waals surface area contributed by atoms with E-state index in [4.69, 9.17) is 4.52 Å². The molecule has 8 heteroatoms. The van der Waals surface area contributed by atoms with Gasteiger partial charge in [-0.25, -0.2) is 0 Å². The van der Waals surface area contributed by atoms with Crippen molar-refractivity contribution in [2.75, 3.05) is 19.7 Å². The number of aliphatic hydroxyl groups is 1. The van der Waals surface area contributed by atoms with Gasteiger partial charge in [0, 0.05) is 37.5 Å². The molecule has 1 aliphatic carbocycles. The second-order valence-corrected chi connectivity index (χ2v) is 9.90. The van der Waals surface area contributed by atoms with Gasteiger partial charge < -0.3 is 19.8 Å². The lowest BCUT2D eigenvalue weighted by Crippen LogP contribution is -2.69. The molecule has 4 aliphatic rings. The highest BCUT2D eigenvalue weighted by atomic mass is 16.5. The Balaban J connectivity index is 1.39. The van der Waals surface area contributed by atoms with Crippen molar-refractivity contribution in [3.63, 3.8) is 0 Å². The molecular weight excluding hydrogens is 396 g/mol. The van der Waals surface area contributed by atoms with Gasteiger partial charge in [0.2, 0.25) is 11.8 Å². The van der Waals surface area contributed by atoms with Crippen molar-refractivity contribution in [3.05, 3.63) is 29.7 Å². The molecule has 8 nitrogen and oxygen atoms in total. The quantitative estimate of drug-likeness (QED) is 0.688. The maximum atomic E-state index is 13.6. The molecule has 31 heavy (non-hydrogen) atoms. The molecule has 1 aromatic rings. The lowest BCUT2D eigenvalue weighted by Gasteiger charge is -2.56. The maximum Gasteiger partial charge on any atom is 0.243 e. The van der Waals surface area contributed by atoms with Crippen LogP contribution in [0.2, 0.25) is 0 Å². The van der Waals surface area contributed by atoms with Crippen molar-refractivity contribution in [2.24, 2.45) is 11.8 Å². The van der Waals surface area contributed by atoms with Crippen LogP contribution in [-0.2, 0) is 16.1 Å². The summed E-state index contributed by atoms with van der Waals surface area (Å²) in [5.41, 5.74) is 0.238. The number of nitrogens with one attached hydrogen (secondary N) is 1. The first-order valence-corrected chi connectivity index (χ1v) is 11.5. The van der Waals surface area contributed by atoms with E-state index in [0.29, 0.717) is 31.7 Å². The zero-order chi connectivity index (χ0) is 21.6. The summed E-state index contributed by atoms with van der Waals surface area (Å²) in [6, 6.07) is 1.60. The summed E-state index contributed by atoms with van der Waals surface area (Å²) in [6.45, 7) is 4.14. The Bertz CT molecular complexity index is 873. The zero-order valence-corrected chi connectivity index (χ0v) is 18.1. The minimum absolute atomic E-state index is 0.0752. The van der Waals surface area contributed by atoms with Crippen LogP contribution < -0.4 is 5.32 Å². The van der Waals surface area contributed by atoms with Gasteiger partial charge in [-0.3, -0.25) is 14.5 Å². The molecular formula is C23H32N4O4. The van der Waals surface area contributed by atoms with Gasteiger partial charge in [0.1, 0.15) is 6.04 Å². The van der Waals surface area contributed by atoms with Crippen molar-refractivity contribution >= 4 is 11.8 Å². The average molecular weight is 429 g/mol. The molecule has 3 aliphatic heterocycles. The normalized spacial score (nSPS) is 32.2. The number of rotatable bonds is 5. The standard InChI is InChI=1S/C23H32N4O4/c1-15-9-18(31-25-15)13-26-11-16-10-17(12-26)21(27-19(16)5-4-6-20(27)29)22(30)24-23(14-28)7-2-3-8-23/h2-3,9,16-17,19,21,28H,4-8,10-14H2,1H3,(H,24,30)/t16-,17+,19-,21+/m0/s1. The number of nitrogens with zero attached hydrogens (tertiary/aromatic N) is 3. The summed E-state index contributed by atoms with van der Waals surface area (Å²) in [4.78, 5) is 30.9. The van der Waals surface area contributed by atoms with Gasteiger partial charge in [-0.1, -0.05) is 17.3 Å². The van der Waals surface area contributed by atoms with Gasteiger partial charge in [0.05, 0.1) is 24.4 Å². The van der Waals surface area contributed by atoms with E-state index < -0.39 is 11.6 Å². The van der Waals surface area contributed by atoms with Gasteiger partial charge in [0.25, 0.3) is 0 Å². The Hall–Kier alpha value is -2.19. The molecule has 2 amide bonds. The summed E-state index contributed by atoms with van der Waals surface area (Å²) in [5, 5.41) is 17.1. The van der Waals surface area contributed by atoms with E-state index in [1.807, 2.05) is 30.0 Å². The molecule has 0 saturated carbocycles. The molecule has 2 N–H and O–H groups in total. The summed E-state index contributed by atoms with van der Waals surface area (Å²) < 4.78 is 5.43. The minimum Gasteiger partial charge on any atom is -0.394 e. The van der Waals surface area contributed by atoms with Crippen molar-refractivity contribution in [3.8, 4) is 0 Å². The molecule has 0 aromatic carbocycles. The second-order valence-electron chi connectivity index (χ2n) is 9.90. The second kappa shape index (κ2) is 8.06. The minimum atomic E-state index is -0.631. The van der Waals surface area contributed by atoms with Crippen LogP contribution >= 0.6 is 0 Å². The van der Waals surface area contributed by atoms with Crippen LogP contribution in [0.4, 0.5) is 0 Å². The first-order valence-electron chi connectivity index (χ1n) is 11.5. The predicted molar refractivity (Wildman–Crippen MR) is 113 cm³/mol. The number of hydrogen-bond donors (Lipinski definition) is 2. The zero-order valence-electron chi connectivity index (χ0n) is 18.1. The van der Waals surface area contributed by atoms with Gasteiger partial charge >= 0.3 is 0 Å². The number of amides is 2. The Kier molecular flexibility index (Phi) is 5.38. The Morgan fingerprint density at radius 1 is 1.32 bits per heavy atom. The van der Waals surface area contributed by atoms with Crippen LogP contribution in [0.1, 0.15) is 50.0 Å². The van der Waals surface area contributed by atoms with Crippen LogP contribution in [0.3, 0.4) is 0 Å². The highest BCUT2D eigenvalue weighted by Crippen LogP contribution is 2.42. The van der Waals surface area contributed by atoms with E-state index in [9.17, 15) is 14.7 Å². The first-order chi connectivity index (χ1) is 15.0. The third-order valence-electron chi connectivity index (χ3n) is 7.62. The summed E-state index contributed by atoms with van der Waals surface area (Å²) in [5.74, 6) is 1.28. The monoisotopic (exact) mass is 428 g/mol. The third-order valence-corrected chi connectivity index (χ3v) is 7.62. The summed E-state index contributed by atoms with van der Waals surface area (Å²) in [7, 11) is 0. The molecule has 3 saturated heterocycles. The molecule has 2 bridgehead atoms. The lowest BCUT2D eigenvalue weighted by molar-refractivity contribution is -0.161. The number of carbonyl (C=O) groups is 2. The maximum absolute atomic E-state index is 13.6. The fourth-order valence-corrected chi connectivity index (χ4v) is 6.24. The Morgan fingerprint density at radius 2 is 2.10 bits per heavy atom. The summed E-state index contributed by atoms with van der Waals surface area (Å²) >= 11 is 0. The molecule has 5 rings (SSSR count). The van der Waals surface area contributed by atoms with E-state index in [0.717, 1.165) is 43.8 Å². The molecule has 168 valence electrons. The topological polar surface area (TPSA) is 98.9 Å². The van der Waals surface area contributed by atoms with Gasteiger partial charge in [-0.2, -0.15) is 0 Å². The van der Waals surface area contributed by atoms with Crippen LogP contribution in [0.15, 0.2) is 22.7 Å². The number of aromatic nitrogens is 1. The Labute approximate surface area is 182 Å². The highest BCUT2D eigenvalue weighted by Gasteiger charge is 2.52. The van der Waals surface area contributed by atoms with Crippen molar-refractivity contribution in [1.82, 2.24) is 20.3 Å². The van der Waals surface area contributed by atoms with Gasteiger partial charge in [0.15, 0.2) is 5.76 Å². The van der Waals surface area contributed by atoms with Crippen molar-refractivity contribution in [1.29, 1.82) is 0 Å². The van der Waals surface area contributed by atoms with Gasteiger partial charge in [-0.05, 0) is 44.9 Å². The fourth-order valence-electron chi connectivity index (χ4n) is 6.24. The lowest BCUT2D eigenvalue weighted by atomic mass is 9.71. The van der Waals surface area contributed by atoms with Gasteiger partial charge in [-0.15, -0.1) is 0 Å².